The van der Waals surface area contributed by atoms with E-state index in [-0.39, 0.29) is 0 Å². The number of nitrogens with one attached hydrogen (secondary N) is 1. The topological polar surface area (TPSA) is 50.8 Å². The van der Waals surface area contributed by atoms with Crippen molar-refractivity contribution in [2.45, 2.75) is 13.8 Å². The first kappa shape index (κ1) is 14.3. The van der Waals surface area contributed by atoms with Crippen molar-refractivity contribution in [3.8, 4) is 28.4 Å². The molecular weight excluding hydrogens is 274 g/mol. The molecule has 0 saturated heterocycles. The van der Waals surface area contributed by atoms with E-state index in [1.807, 2.05) is 48.5 Å². The summed E-state index contributed by atoms with van der Waals surface area (Å²) in [5, 5.41) is 7.45. The molecule has 0 spiro atoms. The normalized spacial score (nSPS) is 10.9. The average Bonchev–Trinajstić information content (AvgIpc) is 3.04. The lowest BCUT2D eigenvalue weighted by Gasteiger charge is -2.11. The van der Waals surface area contributed by atoms with Crippen LogP contribution >= 0.6 is 0 Å². The van der Waals surface area contributed by atoms with Crippen LogP contribution in [0.25, 0.3) is 22.6 Å². The molecule has 0 saturated carbocycles. The van der Waals surface area contributed by atoms with E-state index in [1.165, 1.54) is 0 Å². The van der Waals surface area contributed by atoms with Crippen LogP contribution in [-0.2, 0) is 0 Å². The number of rotatable bonds is 5. The monoisotopic (exact) mass is 293 g/mol. The Morgan fingerprint density at radius 2 is 1.86 bits per heavy atom. The van der Waals surface area contributed by atoms with Crippen molar-refractivity contribution in [3.05, 3.63) is 54.7 Å². The number of hydrogen-bond acceptors (Lipinski definition) is 3. The smallest absolute Gasteiger partial charge is 0.128 e. The summed E-state index contributed by atoms with van der Waals surface area (Å²) in [5.74, 6) is 1.34. The highest BCUT2D eigenvalue weighted by Crippen LogP contribution is 2.30. The zero-order valence-corrected chi connectivity index (χ0v) is 12.8. The molecule has 2 heterocycles. The van der Waals surface area contributed by atoms with Gasteiger partial charge in [0.05, 0.1) is 23.7 Å². The summed E-state index contributed by atoms with van der Waals surface area (Å²) >= 11 is 0. The number of benzene rings is 1. The number of H-pyrrole nitrogens is 1. The third kappa shape index (κ3) is 3.17. The van der Waals surface area contributed by atoms with Crippen LogP contribution in [-0.4, -0.2) is 21.8 Å². The van der Waals surface area contributed by atoms with E-state index in [0.29, 0.717) is 12.5 Å². The van der Waals surface area contributed by atoms with Crippen molar-refractivity contribution in [3.63, 3.8) is 0 Å². The van der Waals surface area contributed by atoms with Crippen LogP contribution in [0.15, 0.2) is 54.7 Å². The molecule has 0 fully saturated rings. The molecule has 4 heteroatoms. The predicted octanol–water partition coefficient (Wildman–Crippen LogP) is 4.17. The van der Waals surface area contributed by atoms with E-state index in [0.717, 1.165) is 28.4 Å². The van der Waals surface area contributed by atoms with Gasteiger partial charge in [-0.25, -0.2) is 0 Å². The van der Waals surface area contributed by atoms with Crippen LogP contribution in [0.5, 0.6) is 5.75 Å². The molecule has 3 rings (SSSR count). The van der Waals surface area contributed by atoms with E-state index < -0.39 is 0 Å². The fourth-order valence-corrected chi connectivity index (χ4v) is 2.17. The minimum absolute atomic E-state index is 0.483. The van der Waals surface area contributed by atoms with Crippen molar-refractivity contribution in [1.82, 2.24) is 15.2 Å². The van der Waals surface area contributed by atoms with Crippen molar-refractivity contribution in [2.24, 2.45) is 5.92 Å². The highest BCUT2D eigenvalue weighted by atomic mass is 16.5. The zero-order valence-electron chi connectivity index (χ0n) is 12.8. The van der Waals surface area contributed by atoms with Gasteiger partial charge >= 0.3 is 0 Å². The second-order valence-electron chi connectivity index (χ2n) is 5.58. The summed E-state index contributed by atoms with van der Waals surface area (Å²) in [4.78, 5) is 4.34. The number of ether oxygens (including phenoxy) is 1. The molecule has 4 nitrogen and oxygen atoms in total. The maximum atomic E-state index is 5.90. The van der Waals surface area contributed by atoms with Crippen LogP contribution in [0.1, 0.15) is 13.8 Å². The van der Waals surface area contributed by atoms with E-state index >= 15 is 0 Å². The van der Waals surface area contributed by atoms with Crippen molar-refractivity contribution < 1.29 is 4.74 Å². The van der Waals surface area contributed by atoms with Gasteiger partial charge in [0, 0.05) is 11.8 Å². The van der Waals surface area contributed by atoms with Gasteiger partial charge in [0.15, 0.2) is 0 Å². The summed E-state index contributed by atoms with van der Waals surface area (Å²) < 4.78 is 5.90. The third-order valence-electron chi connectivity index (χ3n) is 3.25. The lowest BCUT2D eigenvalue weighted by atomic mass is 10.1. The van der Waals surface area contributed by atoms with Gasteiger partial charge in [-0.3, -0.25) is 10.1 Å². The Labute approximate surface area is 130 Å². The first-order valence-corrected chi connectivity index (χ1v) is 7.43. The van der Waals surface area contributed by atoms with Gasteiger partial charge in [-0.2, -0.15) is 5.10 Å². The molecule has 0 aliphatic rings. The standard InChI is InChI=1S/C18H19N3O/c1-13(2)12-22-18-9-4-3-7-14(18)16-11-17(21-20-16)15-8-5-6-10-19-15/h3-11,13H,12H2,1-2H3,(H,20,21). The Hall–Kier alpha value is -2.62. The van der Waals surface area contributed by atoms with Gasteiger partial charge < -0.3 is 4.74 Å². The SMILES string of the molecule is CC(C)COc1ccccc1-c1cc(-c2ccccn2)[nH]n1. The Bertz CT molecular complexity index is 735. The third-order valence-corrected chi connectivity index (χ3v) is 3.25. The maximum absolute atomic E-state index is 5.90. The van der Waals surface area contributed by atoms with E-state index in [1.54, 1.807) is 6.20 Å². The number of para-hydroxylation sites is 1. The summed E-state index contributed by atoms with van der Waals surface area (Å²) in [6.07, 6.45) is 1.77. The lowest BCUT2D eigenvalue weighted by Crippen LogP contribution is -2.05. The van der Waals surface area contributed by atoms with Gasteiger partial charge in [-0.05, 0) is 36.2 Å². The quantitative estimate of drug-likeness (QED) is 0.768. The minimum Gasteiger partial charge on any atom is -0.493 e. The summed E-state index contributed by atoms with van der Waals surface area (Å²) in [6, 6.07) is 15.8. The Kier molecular flexibility index (Phi) is 4.19. The van der Waals surface area contributed by atoms with Crippen molar-refractivity contribution in [2.75, 3.05) is 6.61 Å². The maximum Gasteiger partial charge on any atom is 0.128 e. The summed E-state index contributed by atoms with van der Waals surface area (Å²) in [7, 11) is 0. The Morgan fingerprint density at radius 3 is 2.64 bits per heavy atom. The van der Waals surface area contributed by atoms with E-state index in [9.17, 15) is 0 Å². The number of hydrogen-bond donors (Lipinski definition) is 1. The molecule has 2 aromatic heterocycles. The van der Waals surface area contributed by atoms with Gasteiger partial charge in [0.25, 0.3) is 0 Å². The molecule has 0 amide bonds. The molecule has 0 bridgehead atoms. The minimum atomic E-state index is 0.483. The summed E-state index contributed by atoms with van der Waals surface area (Å²) in [5.41, 5.74) is 3.62. The van der Waals surface area contributed by atoms with Crippen LogP contribution < -0.4 is 4.74 Å². The Balaban J connectivity index is 1.90. The van der Waals surface area contributed by atoms with Crippen LogP contribution in [0, 0.1) is 5.92 Å². The highest BCUT2D eigenvalue weighted by molar-refractivity contribution is 5.71. The molecule has 0 atom stereocenters. The van der Waals surface area contributed by atoms with Crippen LogP contribution in [0.2, 0.25) is 0 Å². The van der Waals surface area contributed by atoms with Gasteiger partial charge in [-0.1, -0.05) is 32.0 Å². The lowest BCUT2D eigenvalue weighted by molar-refractivity contribution is 0.272. The molecule has 22 heavy (non-hydrogen) atoms. The zero-order chi connectivity index (χ0) is 15.4. The fourth-order valence-electron chi connectivity index (χ4n) is 2.17. The molecule has 1 aromatic carbocycles. The first-order chi connectivity index (χ1) is 10.7. The van der Waals surface area contributed by atoms with Gasteiger partial charge in [0.1, 0.15) is 5.75 Å². The average molecular weight is 293 g/mol. The molecule has 3 aromatic rings. The van der Waals surface area contributed by atoms with Gasteiger partial charge in [-0.15, -0.1) is 0 Å². The molecule has 0 aliphatic carbocycles. The highest BCUT2D eigenvalue weighted by Gasteiger charge is 2.11. The summed E-state index contributed by atoms with van der Waals surface area (Å²) in [6.45, 7) is 4.96. The number of pyridine rings is 1. The number of aromatic nitrogens is 3. The fraction of sp³-hybridized carbons (Fsp3) is 0.222. The van der Waals surface area contributed by atoms with Gasteiger partial charge in [0.2, 0.25) is 0 Å². The van der Waals surface area contributed by atoms with Crippen LogP contribution in [0.4, 0.5) is 0 Å². The second kappa shape index (κ2) is 6.43. The first-order valence-electron chi connectivity index (χ1n) is 7.43. The largest absolute Gasteiger partial charge is 0.493 e. The second-order valence-corrected chi connectivity index (χ2v) is 5.58. The van der Waals surface area contributed by atoms with Crippen molar-refractivity contribution >= 4 is 0 Å². The number of aromatic amines is 1. The molecular formula is C18H19N3O. The van der Waals surface area contributed by atoms with Crippen molar-refractivity contribution in [1.29, 1.82) is 0 Å². The molecule has 1 N–H and O–H groups in total. The molecule has 0 unspecified atom stereocenters. The van der Waals surface area contributed by atoms with E-state index in [2.05, 4.69) is 29.0 Å². The van der Waals surface area contributed by atoms with E-state index in [4.69, 9.17) is 4.74 Å². The molecule has 112 valence electrons. The molecule has 0 radical (unpaired) electrons. The Morgan fingerprint density at radius 1 is 1.05 bits per heavy atom. The number of nitrogens with zero attached hydrogens (tertiary/aromatic N) is 2. The molecule has 0 aliphatic heterocycles. The predicted molar refractivity (Wildman–Crippen MR) is 87.6 cm³/mol. The van der Waals surface area contributed by atoms with Crippen LogP contribution in [0.3, 0.4) is 0 Å².